The summed E-state index contributed by atoms with van der Waals surface area (Å²) in [6.45, 7) is 2.01. The molecule has 0 radical (unpaired) electrons. The van der Waals surface area contributed by atoms with Gasteiger partial charge in [-0.3, -0.25) is 14.5 Å². The molecular weight excluding hydrogens is 407 g/mol. The Bertz CT molecular complexity index is 1210. The number of hydrogen-bond donors (Lipinski definition) is 1. The minimum atomic E-state index is -0.710. The van der Waals surface area contributed by atoms with Gasteiger partial charge in [0.25, 0.3) is 5.91 Å². The Hall–Kier alpha value is -4.00. The molecule has 0 aliphatic rings. The lowest BCUT2D eigenvalue weighted by Crippen LogP contribution is -2.35. The second-order valence-corrected chi connectivity index (χ2v) is 7.43. The summed E-state index contributed by atoms with van der Waals surface area (Å²) in [7, 11) is 1.89. The fourth-order valence-corrected chi connectivity index (χ4v) is 3.38. The van der Waals surface area contributed by atoms with Gasteiger partial charge in [0.05, 0.1) is 0 Å². The number of nitrogens with zero attached hydrogens (tertiary/aromatic N) is 3. The molecule has 0 unspecified atom stereocenters. The lowest BCUT2D eigenvalue weighted by Gasteiger charge is -2.15. The van der Waals surface area contributed by atoms with Crippen LogP contribution in [0.5, 0.6) is 5.75 Å². The zero-order chi connectivity index (χ0) is 22.5. The first kappa shape index (κ1) is 21.2. The monoisotopic (exact) mass is 430 g/mol. The number of pyridine rings is 1. The second-order valence-electron chi connectivity index (χ2n) is 7.43. The van der Waals surface area contributed by atoms with Gasteiger partial charge in [-0.05, 0) is 60.5 Å². The maximum Gasteiger partial charge on any atom is 0.261 e. The van der Waals surface area contributed by atoms with Crippen LogP contribution < -0.4 is 10.1 Å². The Labute approximate surface area is 185 Å². The maximum atomic E-state index is 13.0. The standard InChI is InChI=1S/C25H23FN4O2/c1-17(32-22-8-6-21(26)7-9-22)25(31)28-15-18-4-3-5-20(14-18)24-23(16-30(2)29-24)19-10-12-27-13-11-19/h3-14,16-17H,15H2,1-2H3,(H,28,31)/t17-/m1/s1. The van der Waals surface area contributed by atoms with Crippen LogP contribution in [-0.2, 0) is 18.4 Å². The van der Waals surface area contributed by atoms with Gasteiger partial charge in [-0.25, -0.2) is 4.39 Å². The molecule has 32 heavy (non-hydrogen) atoms. The Morgan fingerprint density at radius 1 is 1.09 bits per heavy atom. The summed E-state index contributed by atoms with van der Waals surface area (Å²) in [5, 5.41) is 7.53. The molecule has 0 saturated carbocycles. The molecule has 0 aliphatic heterocycles. The van der Waals surface area contributed by atoms with Crippen LogP contribution in [0.1, 0.15) is 12.5 Å². The van der Waals surface area contributed by atoms with E-state index in [2.05, 4.69) is 15.4 Å². The molecule has 0 fully saturated rings. The molecule has 2 aromatic heterocycles. The molecule has 2 aromatic carbocycles. The molecule has 4 aromatic rings. The van der Waals surface area contributed by atoms with E-state index >= 15 is 0 Å². The van der Waals surface area contributed by atoms with Crippen molar-refractivity contribution in [2.45, 2.75) is 19.6 Å². The van der Waals surface area contributed by atoms with Crippen LogP contribution in [0.2, 0.25) is 0 Å². The number of nitrogens with one attached hydrogen (secondary N) is 1. The Kier molecular flexibility index (Phi) is 6.26. The van der Waals surface area contributed by atoms with Crippen LogP contribution in [0.15, 0.2) is 79.3 Å². The van der Waals surface area contributed by atoms with Gasteiger partial charge < -0.3 is 10.1 Å². The first-order valence-electron chi connectivity index (χ1n) is 10.2. The molecule has 4 rings (SSSR count). The average Bonchev–Trinajstić information content (AvgIpc) is 3.21. The smallest absolute Gasteiger partial charge is 0.261 e. The first-order valence-corrected chi connectivity index (χ1v) is 10.2. The SMILES string of the molecule is C[C@@H](Oc1ccc(F)cc1)C(=O)NCc1cccc(-c2nn(C)cc2-c2ccncc2)c1. The first-order chi connectivity index (χ1) is 15.5. The average molecular weight is 430 g/mol. The van der Waals surface area contributed by atoms with Crippen LogP contribution in [0, 0.1) is 5.82 Å². The van der Waals surface area contributed by atoms with Crippen molar-refractivity contribution in [3.05, 3.63) is 90.6 Å². The predicted molar refractivity (Wildman–Crippen MR) is 120 cm³/mol. The molecule has 7 heteroatoms. The number of carbonyl (C=O) groups is 1. The van der Waals surface area contributed by atoms with Crippen molar-refractivity contribution in [1.82, 2.24) is 20.1 Å². The number of rotatable bonds is 7. The largest absolute Gasteiger partial charge is 0.481 e. The number of ether oxygens (including phenoxy) is 1. The summed E-state index contributed by atoms with van der Waals surface area (Å²) < 4.78 is 20.4. The third-order valence-electron chi connectivity index (χ3n) is 4.98. The van der Waals surface area contributed by atoms with Crippen molar-refractivity contribution in [2.24, 2.45) is 7.05 Å². The summed E-state index contributed by atoms with van der Waals surface area (Å²) >= 11 is 0. The summed E-state index contributed by atoms with van der Waals surface area (Å²) in [5.41, 5.74) is 4.81. The van der Waals surface area contributed by atoms with E-state index in [1.807, 2.05) is 49.6 Å². The number of hydrogen-bond acceptors (Lipinski definition) is 4. The molecule has 0 spiro atoms. The highest BCUT2D eigenvalue weighted by Gasteiger charge is 2.16. The highest BCUT2D eigenvalue weighted by molar-refractivity contribution is 5.81. The summed E-state index contributed by atoms with van der Waals surface area (Å²) in [5.74, 6) is -0.167. The van der Waals surface area contributed by atoms with Crippen molar-refractivity contribution in [3.8, 4) is 28.1 Å². The highest BCUT2D eigenvalue weighted by Crippen LogP contribution is 2.30. The van der Waals surface area contributed by atoms with E-state index in [4.69, 9.17) is 4.74 Å². The van der Waals surface area contributed by atoms with Gasteiger partial charge >= 0.3 is 0 Å². The number of halogens is 1. The number of aromatic nitrogens is 3. The number of aryl methyl sites for hydroxylation is 1. The highest BCUT2D eigenvalue weighted by atomic mass is 19.1. The minimum absolute atomic E-state index is 0.255. The zero-order valence-corrected chi connectivity index (χ0v) is 17.8. The molecule has 0 aliphatic carbocycles. The van der Waals surface area contributed by atoms with Gasteiger partial charge in [-0.1, -0.05) is 18.2 Å². The van der Waals surface area contributed by atoms with Crippen molar-refractivity contribution in [3.63, 3.8) is 0 Å². The third-order valence-corrected chi connectivity index (χ3v) is 4.98. The number of benzene rings is 2. The molecule has 1 atom stereocenters. The van der Waals surface area contributed by atoms with Gasteiger partial charge in [0.2, 0.25) is 0 Å². The lowest BCUT2D eigenvalue weighted by molar-refractivity contribution is -0.127. The van der Waals surface area contributed by atoms with Crippen LogP contribution >= 0.6 is 0 Å². The second kappa shape index (κ2) is 9.43. The number of amides is 1. The van der Waals surface area contributed by atoms with Gasteiger partial charge in [0.1, 0.15) is 17.3 Å². The van der Waals surface area contributed by atoms with Gasteiger partial charge in [-0.15, -0.1) is 0 Å². The third kappa shape index (κ3) is 5.00. The van der Waals surface area contributed by atoms with Crippen LogP contribution in [0.4, 0.5) is 4.39 Å². The van der Waals surface area contributed by atoms with Crippen LogP contribution in [-0.4, -0.2) is 26.8 Å². The molecule has 1 N–H and O–H groups in total. The quantitative estimate of drug-likeness (QED) is 0.473. The Morgan fingerprint density at radius 2 is 1.84 bits per heavy atom. The van der Waals surface area contributed by atoms with Crippen molar-refractivity contribution < 1.29 is 13.9 Å². The van der Waals surface area contributed by atoms with Gasteiger partial charge in [0, 0.05) is 43.3 Å². The lowest BCUT2D eigenvalue weighted by atomic mass is 10.0. The molecule has 1 amide bonds. The molecular formula is C25H23FN4O2. The fourth-order valence-electron chi connectivity index (χ4n) is 3.38. The van der Waals surface area contributed by atoms with E-state index in [0.717, 1.165) is 27.9 Å². The number of carbonyl (C=O) groups excluding carboxylic acids is 1. The zero-order valence-electron chi connectivity index (χ0n) is 17.8. The normalized spacial score (nSPS) is 11.7. The Balaban J connectivity index is 1.45. The minimum Gasteiger partial charge on any atom is -0.481 e. The van der Waals surface area contributed by atoms with E-state index in [9.17, 15) is 9.18 Å². The van der Waals surface area contributed by atoms with Crippen molar-refractivity contribution >= 4 is 5.91 Å². The summed E-state index contributed by atoms with van der Waals surface area (Å²) in [6, 6.07) is 17.4. The van der Waals surface area contributed by atoms with E-state index in [-0.39, 0.29) is 11.7 Å². The van der Waals surface area contributed by atoms with E-state index in [0.29, 0.717) is 12.3 Å². The predicted octanol–water partition coefficient (Wildman–Crippen LogP) is 4.37. The van der Waals surface area contributed by atoms with E-state index in [1.54, 1.807) is 24.0 Å². The van der Waals surface area contributed by atoms with Crippen molar-refractivity contribution in [2.75, 3.05) is 0 Å². The summed E-state index contributed by atoms with van der Waals surface area (Å²) in [6.07, 6.45) is 4.78. The molecule has 2 heterocycles. The molecule has 162 valence electrons. The maximum absolute atomic E-state index is 13.0. The molecule has 0 bridgehead atoms. The van der Waals surface area contributed by atoms with Crippen LogP contribution in [0.25, 0.3) is 22.4 Å². The molecule has 6 nitrogen and oxygen atoms in total. The van der Waals surface area contributed by atoms with Crippen LogP contribution in [0.3, 0.4) is 0 Å². The molecule has 0 saturated heterocycles. The van der Waals surface area contributed by atoms with Gasteiger partial charge in [0.15, 0.2) is 6.10 Å². The topological polar surface area (TPSA) is 69.0 Å². The fraction of sp³-hybridized carbons (Fsp3) is 0.160. The van der Waals surface area contributed by atoms with Crippen molar-refractivity contribution in [1.29, 1.82) is 0 Å². The van der Waals surface area contributed by atoms with Gasteiger partial charge in [-0.2, -0.15) is 5.10 Å². The Morgan fingerprint density at radius 3 is 2.59 bits per heavy atom. The van der Waals surface area contributed by atoms with E-state index in [1.165, 1.54) is 24.3 Å². The summed E-state index contributed by atoms with van der Waals surface area (Å²) in [4.78, 5) is 16.5. The van der Waals surface area contributed by atoms with E-state index < -0.39 is 6.10 Å².